The summed E-state index contributed by atoms with van der Waals surface area (Å²) in [6.07, 6.45) is 5.16. The van der Waals surface area contributed by atoms with Gasteiger partial charge in [-0.15, -0.1) is 0 Å². The Bertz CT molecular complexity index is 192. The van der Waals surface area contributed by atoms with Crippen LogP contribution in [0.25, 0.3) is 0 Å². The Balaban J connectivity index is 2.72. The summed E-state index contributed by atoms with van der Waals surface area (Å²) >= 11 is 0. The molecule has 0 amide bonds. The maximum absolute atomic E-state index is 5.49. The van der Waals surface area contributed by atoms with Gasteiger partial charge in [0.1, 0.15) is 0 Å². The van der Waals surface area contributed by atoms with Crippen molar-refractivity contribution in [2.75, 3.05) is 7.05 Å². The highest BCUT2D eigenvalue weighted by Crippen LogP contribution is 2.25. The predicted molar refractivity (Wildman–Crippen MR) is 48.6 cm³/mol. The fraction of sp³-hybridized carbons (Fsp3) is 0.667. The lowest BCUT2D eigenvalue weighted by molar-refractivity contribution is 0.526. The lowest BCUT2D eigenvalue weighted by Crippen LogP contribution is -2.16. The second-order valence-corrected chi connectivity index (χ2v) is 3.21. The van der Waals surface area contributed by atoms with Crippen molar-refractivity contribution in [3.63, 3.8) is 0 Å². The van der Waals surface area contributed by atoms with Gasteiger partial charge in [-0.1, -0.05) is 6.92 Å². The highest BCUT2D eigenvalue weighted by molar-refractivity contribution is 6.00. The predicted octanol–water partition coefficient (Wildman–Crippen LogP) is 1.72. The molecule has 1 rings (SSSR count). The fourth-order valence-electron chi connectivity index (χ4n) is 1.56. The first kappa shape index (κ1) is 8.31. The van der Waals surface area contributed by atoms with Gasteiger partial charge >= 0.3 is 0 Å². The van der Waals surface area contributed by atoms with Crippen LogP contribution in [0.5, 0.6) is 0 Å². The largest absolute Gasteiger partial charge is 0.404 e. The molecule has 2 N–H and O–H groups in total. The molecule has 1 aliphatic carbocycles. The summed E-state index contributed by atoms with van der Waals surface area (Å²) in [7, 11) is 1.84. The van der Waals surface area contributed by atoms with Crippen LogP contribution in [0.15, 0.2) is 16.8 Å². The first-order chi connectivity index (χ1) is 5.27. The monoisotopic (exact) mass is 152 g/mol. The Hall–Kier alpha value is -0.790. The third-order valence-electron chi connectivity index (χ3n) is 2.28. The number of hydrogen-bond acceptors (Lipinski definition) is 2. The standard InChI is InChI=1S/C9H16N2/c1-7-3-4-9(11-2)8(5-7)6-10/h6-7H,3-5,10H2,1-2H3/b8-6-,11-9?. The van der Waals surface area contributed by atoms with Gasteiger partial charge in [0.05, 0.1) is 0 Å². The van der Waals surface area contributed by atoms with Crippen molar-refractivity contribution in [2.45, 2.75) is 26.2 Å². The highest BCUT2D eigenvalue weighted by Gasteiger charge is 2.17. The molecule has 0 spiro atoms. The molecule has 0 bridgehead atoms. The van der Waals surface area contributed by atoms with E-state index >= 15 is 0 Å². The number of allylic oxidation sites excluding steroid dienone is 1. The van der Waals surface area contributed by atoms with Crippen LogP contribution in [0.3, 0.4) is 0 Å². The van der Waals surface area contributed by atoms with E-state index in [0.717, 1.165) is 18.8 Å². The molecule has 1 fully saturated rings. The van der Waals surface area contributed by atoms with Crippen molar-refractivity contribution >= 4 is 5.71 Å². The second-order valence-electron chi connectivity index (χ2n) is 3.21. The van der Waals surface area contributed by atoms with E-state index in [0.29, 0.717) is 0 Å². The van der Waals surface area contributed by atoms with Crippen molar-refractivity contribution in [1.82, 2.24) is 0 Å². The minimum absolute atomic E-state index is 0.773. The zero-order valence-electron chi connectivity index (χ0n) is 7.30. The molecular formula is C9H16N2. The van der Waals surface area contributed by atoms with E-state index < -0.39 is 0 Å². The molecule has 1 unspecified atom stereocenters. The van der Waals surface area contributed by atoms with Crippen molar-refractivity contribution in [1.29, 1.82) is 0 Å². The van der Waals surface area contributed by atoms with Crippen molar-refractivity contribution in [3.8, 4) is 0 Å². The molecule has 2 heteroatoms. The van der Waals surface area contributed by atoms with E-state index in [1.807, 2.05) is 7.05 Å². The number of nitrogens with two attached hydrogens (primary N) is 1. The maximum atomic E-state index is 5.49. The third-order valence-corrected chi connectivity index (χ3v) is 2.28. The van der Waals surface area contributed by atoms with Gasteiger partial charge in [0.2, 0.25) is 0 Å². The summed E-state index contributed by atoms with van der Waals surface area (Å²) in [6, 6.07) is 0. The van der Waals surface area contributed by atoms with E-state index in [1.54, 1.807) is 6.20 Å². The Morgan fingerprint density at radius 2 is 2.36 bits per heavy atom. The molecule has 11 heavy (non-hydrogen) atoms. The van der Waals surface area contributed by atoms with Crippen LogP contribution < -0.4 is 5.73 Å². The van der Waals surface area contributed by atoms with Crippen LogP contribution in [-0.2, 0) is 0 Å². The average molecular weight is 152 g/mol. The van der Waals surface area contributed by atoms with E-state index in [4.69, 9.17) is 5.73 Å². The summed E-state index contributed by atoms with van der Waals surface area (Å²) in [4.78, 5) is 4.20. The molecule has 1 atom stereocenters. The molecule has 0 aromatic heterocycles. The minimum atomic E-state index is 0.773. The quantitative estimate of drug-likeness (QED) is 0.564. The number of hydrogen-bond donors (Lipinski definition) is 1. The highest BCUT2D eigenvalue weighted by atomic mass is 14.7. The summed E-state index contributed by atoms with van der Waals surface area (Å²) < 4.78 is 0. The fourth-order valence-corrected chi connectivity index (χ4v) is 1.56. The molecule has 0 aromatic rings. The van der Waals surface area contributed by atoms with Gasteiger partial charge in [-0.3, -0.25) is 4.99 Å². The summed E-state index contributed by atoms with van der Waals surface area (Å²) in [5.74, 6) is 0.773. The van der Waals surface area contributed by atoms with E-state index in [-0.39, 0.29) is 0 Å². The Morgan fingerprint density at radius 1 is 1.64 bits per heavy atom. The van der Waals surface area contributed by atoms with Crippen molar-refractivity contribution in [3.05, 3.63) is 11.8 Å². The van der Waals surface area contributed by atoms with Crippen LogP contribution in [-0.4, -0.2) is 12.8 Å². The summed E-state index contributed by atoms with van der Waals surface area (Å²) in [5.41, 5.74) is 7.93. The zero-order valence-corrected chi connectivity index (χ0v) is 7.30. The first-order valence-electron chi connectivity index (χ1n) is 4.14. The van der Waals surface area contributed by atoms with E-state index in [1.165, 1.54) is 17.7 Å². The van der Waals surface area contributed by atoms with Gasteiger partial charge in [-0.05, 0) is 37.0 Å². The Kier molecular flexibility index (Phi) is 2.69. The van der Waals surface area contributed by atoms with Gasteiger partial charge < -0.3 is 5.73 Å². The zero-order chi connectivity index (χ0) is 8.27. The Morgan fingerprint density at radius 3 is 2.91 bits per heavy atom. The van der Waals surface area contributed by atoms with Crippen LogP contribution in [0.1, 0.15) is 26.2 Å². The molecule has 0 radical (unpaired) electrons. The number of nitrogens with zero attached hydrogens (tertiary/aromatic N) is 1. The van der Waals surface area contributed by atoms with Crippen molar-refractivity contribution in [2.24, 2.45) is 16.6 Å². The van der Waals surface area contributed by atoms with Crippen LogP contribution in [0.2, 0.25) is 0 Å². The second kappa shape index (κ2) is 3.56. The summed E-state index contributed by atoms with van der Waals surface area (Å²) in [6.45, 7) is 2.26. The van der Waals surface area contributed by atoms with Crippen LogP contribution in [0.4, 0.5) is 0 Å². The van der Waals surface area contributed by atoms with Crippen molar-refractivity contribution < 1.29 is 0 Å². The van der Waals surface area contributed by atoms with Gasteiger partial charge in [0.25, 0.3) is 0 Å². The molecular weight excluding hydrogens is 136 g/mol. The maximum Gasteiger partial charge on any atom is 0.0391 e. The van der Waals surface area contributed by atoms with Crippen LogP contribution in [0, 0.1) is 5.92 Å². The molecule has 0 saturated heterocycles. The van der Waals surface area contributed by atoms with Crippen LogP contribution >= 0.6 is 0 Å². The first-order valence-corrected chi connectivity index (χ1v) is 4.14. The summed E-state index contributed by atoms with van der Waals surface area (Å²) in [5, 5.41) is 0. The minimum Gasteiger partial charge on any atom is -0.404 e. The molecule has 0 aliphatic heterocycles. The number of rotatable bonds is 0. The molecule has 62 valence electrons. The lowest BCUT2D eigenvalue weighted by Gasteiger charge is -2.21. The Labute approximate surface area is 68.2 Å². The van der Waals surface area contributed by atoms with E-state index in [9.17, 15) is 0 Å². The van der Waals surface area contributed by atoms with Gasteiger partial charge in [-0.2, -0.15) is 0 Å². The van der Waals surface area contributed by atoms with Gasteiger partial charge in [0, 0.05) is 12.8 Å². The molecule has 0 heterocycles. The van der Waals surface area contributed by atoms with E-state index in [2.05, 4.69) is 11.9 Å². The molecule has 2 nitrogen and oxygen atoms in total. The molecule has 1 aliphatic rings. The molecule has 0 aromatic carbocycles. The third kappa shape index (κ3) is 1.82. The van der Waals surface area contributed by atoms with Gasteiger partial charge in [0.15, 0.2) is 0 Å². The number of aliphatic imine (C=N–C) groups is 1. The topological polar surface area (TPSA) is 38.4 Å². The average Bonchev–Trinajstić information content (AvgIpc) is 2.04. The smallest absolute Gasteiger partial charge is 0.0391 e. The normalized spacial score (nSPS) is 33.1. The van der Waals surface area contributed by atoms with Gasteiger partial charge in [-0.25, -0.2) is 0 Å². The molecule has 1 saturated carbocycles. The lowest BCUT2D eigenvalue weighted by atomic mass is 9.86. The SMILES string of the molecule is CN=C1CCC(C)C/C1=C/N.